The monoisotopic (exact) mass is 470 g/mol. The number of carbonyl (C=O) groups excluding carboxylic acids is 1. The summed E-state index contributed by atoms with van der Waals surface area (Å²) < 4.78 is 28.2. The lowest BCUT2D eigenvalue weighted by molar-refractivity contribution is -0.0104. The van der Waals surface area contributed by atoms with E-state index >= 15 is 0 Å². The highest BCUT2D eigenvalue weighted by molar-refractivity contribution is 5.73. The minimum absolute atomic E-state index is 0.0928. The molecule has 2 fully saturated rings. The SMILES string of the molecule is CCOC(=O)N1CCC2(CC1)Oc1cc(F)ccc1-c1nc([C@@H]3CCN(C)C(C)(C)C3)n(C)c12. The van der Waals surface area contributed by atoms with E-state index in [1.807, 2.05) is 6.92 Å². The molecule has 4 heterocycles. The molecule has 5 rings (SSSR count). The highest BCUT2D eigenvalue weighted by atomic mass is 19.1. The van der Waals surface area contributed by atoms with Crippen molar-refractivity contribution in [3.63, 3.8) is 0 Å². The molecule has 1 atom stereocenters. The number of fused-ring (bicyclic) bond motifs is 4. The summed E-state index contributed by atoms with van der Waals surface area (Å²) in [4.78, 5) is 21.7. The van der Waals surface area contributed by atoms with Crippen molar-refractivity contribution in [3.8, 4) is 17.0 Å². The number of imidazole rings is 1. The van der Waals surface area contributed by atoms with E-state index < -0.39 is 5.60 Å². The molecule has 0 bridgehead atoms. The summed E-state index contributed by atoms with van der Waals surface area (Å²) in [7, 11) is 4.27. The van der Waals surface area contributed by atoms with Crippen LogP contribution >= 0.6 is 0 Å². The van der Waals surface area contributed by atoms with Gasteiger partial charge in [-0.25, -0.2) is 14.2 Å². The van der Waals surface area contributed by atoms with Crippen molar-refractivity contribution in [1.29, 1.82) is 0 Å². The predicted octanol–water partition coefficient (Wildman–Crippen LogP) is 4.65. The van der Waals surface area contributed by atoms with Crippen LogP contribution in [0.25, 0.3) is 11.3 Å². The van der Waals surface area contributed by atoms with Gasteiger partial charge in [0, 0.05) is 56.1 Å². The highest BCUT2D eigenvalue weighted by Crippen LogP contribution is 2.51. The van der Waals surface area contributed by atoms with E-state index in [0.29, 0.717) is 44.2 Å². The molecule has 2 saturated heterocycles. The van der Waals surface area contributed by atoms with E-state index in [-0.39, 0.29) is 17.4 Å². The van der Waals surface area contributed by atoms with Gasteiger partial charge in [-0.15, -0.1) is 0 Å². The lowest BCUT2D eigenvalue weighted by atomic mass is 9.82. The maximum atomic E-state index is 14.2. The molecule has 3 aliphatic rings. The second-order valence-corrected chi connectivity index (χ2v) is 10.6. The largest absolute Gasteiger partial charge is 0.480 e. The Balaban J connectivity index is 1.56. The number of halogens is 1. The number of piperidine rings is 2. The van der Waals surface area contributed by atoms with Gasteiger partial charge in [0.1, 0.15) is 17.4 Å². The second-order valence-electron chi connectivity index (χ2n) is 10.6. The summed E-state index contributed by atoms with van der Waals surface area (Å²) >= 11 is 0. The molecule has 0 radical (unpaired) electrons. The molecule has 184 valence electrons. The molecule has 1 amide bonds. The van der Waals surface area contributed by atoms with Crippen molar-refractivity contribution in [3.05, 3.63) is 35.5 Å². The number of nitrogens with zero attached hydrogens (tertiary/aromatic N) is 4. The zero-order valence-electron chi connectivity index (χ0n) is 20.9. The van der Waals surface area contributed by atoms with Crippen molar-refractivity contribution in [2.75, 3.05) is 33.3 Å². The first-order valence-electron chi connectivity index (χ1n) is 12.3. The van der Waals surface area contributed by atoms with Crippen LogP contribution in [0.4, 0.5) is 9.18 Å². The molecule has 1 aromatic carbocycles. The van der Waals surface area contributed by atoms with Crippen LogP contribution in [0.15, 0.2) is 18.2 Å². The first kappa shape index (κ1) is 23.1. The van der Waals surface area contributed by atoms with Gasteiger partial charge in [0.2, 0.25) is 0 Å². The third-order valence-corrected chi connectivity index (χ3v) is 8.12. The fraction of sp³-hybridized carbons (Fsp3) is 0.615. The molecule has 34 heavy (non-hydrogen) atoms. The summed E-state index contributed by atoms with van der Waals surface area (Å²) in [5.74, 6) is 1.61. The van der Waals surface area contributed by atoms with E-state index in [0.717, 1.165) is 42.2 Å². The quantitative estimate of drug-likeness (QED) is 0.639. The van der Waals surface area contributed by atoms with Crippen LogP contribution in [-0.2, 0) is 17.4 Å². The van der Waals surface area contributed by atoms with Crippen molar-refractivity contribution in [1.82, 2.24) is 19.4 Å². The van der Waals surface area contributed by atoms with Gasteiger partial charge in [-0.1, -0.05) is 0 Å². The number of hydrogen-bond acceptors (Lipinski definition) is 5. The van der Waals surface area contributed by atoms with Crippen LogP contribution < -0.4 is 4.74 Å². The lowest BCUT2D eigenvalue weighted by Crippen LogP contribution is -2.50. The number of carbonyl (C=O) groups is 1. The standard InChI is InChI=1S/C26H35FN4O3/c1-6-33-24(32)31-13-10-26(11-14-31)22-21(19-8-7-18(27)15-20(19)34-26)28-23(30(22)5)17-9-12-29(4)25(2,3)16-17/h7-8,15,17H,6,9-14,16H2,1-5H3/t17-/m1/s1. The van der Waals surface area contributed by atoms with Crippen LogP contribution in [0.2, 0.25) is 0 Å². The molecule has 2 aromatic rings. The van der Waals surface area contributed by atoms with Gasteiger partial charge in [0.05, 0.1) is 18.0 Å². The number of rotatable bonds is 2. The molecule has 0 unspecified atom stereocenters. The van der Waals surface area contributed by atoms with Crippen molar-refractivity contribution in [2.24, 2.45) is 7.05 Å². The molecule has 7 nitrogen and oxygen atoms in total. The van der Waals surface area contributed by atoms with Gasteiger partial charge in [-0.2, -0.15) is 0 Å². The van der Waals surface area contributed by atoms with Crippen molar-refractivity contribution < 1.29 is 18.7 Å². The van der Waals surface area contributed by atoms with Crippen molar-refractivity contribution >= 4 is 6.09 Å². The Morgan fingerprint density at radius 3 is 2.65 bits per heavy atom. The first-order valence-corrected chi connectivity index (χ1v) is 12.3. The minimum atomic E-state index is -0.653. The summed E-state index contributed by atoms with van der Waals surface area (Å²) in [5.41, 5.74) is 2.21. The summed E-state index contributed by atoms with van der Waals surface area (Å²) in [6.45, 7) is 8.80. The summed E-state index contributed by atoms with van der Waals surface area (Å²) in [5, 5.41) is 0. The average molecular weight is 471 g/mol. The summed E-state index contributed by atoms with van der Waals surface area (Å²) in [6, 6.07) is 4.71. The molecule has 1 aromatic heterocycles. The normalized spacial score (nSPS) is 23.2. The van der Waals surface area contributed by atoms with Crippen LogP contribution in [-0.4, -0.2) is 64.3 Å². The third kappa shape index (κ3) is 3.67. The molecule has 0 aliphatic carbocycles. The second kappa shape index (κ2) is 8.26. The van der Waals surface area contributed by atoms with Gasteiger partial charge in [-0.3, -0.25) is 0 Å². The highest BCUT2D eigenvalue weighted by Gasteiger charge is 2.48. The predicted molar refractivity (Wildman–Crippen MR) is 127 cm³/mol. The van der Waals surface area contributed by atoms with Gasteiger partial charge < -0.3 is 23.8 Å². The molecule has 0 saturated carbocycles. The zero-order chi connectivity index (χ0) is 24.3. The maximum absolute atomic E-state index is 14.2. The maximum Gasteiger partial charge on any atom is 0.409 e. The van der Waals surface area contributed by atoms with Gasteiger partial charge in [0.15, 0.2) is 5.60 Å². The number of hydrogen-bond donors (Lipinski definition) is 0. The van der Waals surface area contributed by atoms with E-state index in [2.05, 4.69) is 37.4 Å². The number of benzene rings is 1. The molecular weight excluding hydrogens is 435 g/mol. The van der Waals surface area contributed by atoms with Crippen molar-refractivity contribution in [2.45, 2.75) is 63.5 Å². The van der Waals surface area contributed by atoms with Gasteiger partial charge in [0.25, 0.3) is 0 Å². The van der Waals surface area contributed by atoms with E-state index in [4.69, 9.17) is 14.5 Å². The number of likely N-dealkylation sites (tertiary alicyclic amines) is 2. The third-order valence-electron chi connectivity index (χ3n) is 8.12. The topological polar surface area (TPSA) is 59.8 Å². The summed E-state index contributed by atoms with van der Waals surface area (Å²) in [6.07, 6.45) is 2.98. The fourth-order valence-corrected chi connectivity index (χ4v) is 5.96. The van der Waals surface area contributed by atoms with E-state index in [1.54, 1.807) is 11.0 Å². The molecule has 8 heteroatoms. The Hall–Kier alpha value is -2.61. The Kier molecular flexibility index (Phi) is 5.62. The van der Waals surface area contributed by atoms with Crippen LogP contribution in [0, 0.1) is 5.82 Å². The Morgan fingerprint density at radius 2 is 1.97 bits per heavy atom. The molecule has 0 N–H and O–H groups in total. The number of ether oxygens (including phenoxy) is 2. The molecular formula is C26H35FN4O3. The molecule has 1 spiro atoms. The lowest BCUT2D eigenvalue weighted by Gasteiger charge is -2.44. The minimum Gasteiger partial charge on any atom is -0.480 e. The van der Waals surface area contributed by atoms with E-state index in [9.17, 15) is 9.18 Å². The van der Waals surface area contributed by atoms with Gasteiger partial charge >= 0.3 is 6.09 Å². The molecule has 3 aliphatic heterocycles. The smallest absolute Gasteiger partial charge is 0.409 e. The fourth-order valence-electron chi connectivity index (χ4n) is 5.96. The van der Waals surface area contributed by atoms with Crippen LogP contribution in [0.3, 0.4) is 0 Å². The number of amides is 1. The average Bonchev–Trinajstić information content (AvgIpc) is 3.14. The van der Waals surface area contributed by atoms with Crippen LogP contribution in [0.1, 0.15) is 63.9 Å². The Morgan fingerprint density at radius 1 is 1.24 bits per heavy atom. The van der Waals surface area contributed by atoms with Crippen LogP contribution in [0.5, 0.6) is 5.75 Å². The van der Waals surface area contributed by atoms with Gasteiger partial charge in [-0.05, 0) is 59.3 Å². The first-order chi connectivity index (χ1) is 16.1. The zero-order valence-corrected chi connectivity index (χ0v) is 20.9. The van der Waals surface area contributed by atoms with E-state index in [1.165, 1.54) is 12.1 Å². The Bertz CT molecular complexity index is 1100. The number of aromatic nitrogens is 2. The Labute approximate surface area is 200 Å².